The Morgan fingerprint density at radius 1 is 1.19 bits per heavy atom. The minimum Gasteiger partial charge on any atom is -0.508 e. The summed E-state index contributed by atoms with van der Waals surface area (Å²) < 4.78 is 0. The van der Waals surface area contributed by atoms with E-state index in [2.05, 4.69) is 0 Å². The Kier molecular flexibility index (Phi) is 6.69. The van der Waals surface area contributed by atoms with Gasteiger partial charge in [-0.1, -0.05) is 12.1 Å². The Morgan fingerprint density at radius 2 is 1.86 bits per heavy atom. The van der Waals surface area contributed by atoms with Crippen molar-refractivity contribution in [1.29, 1.82) is 0 Å². The van der Waals surface area contributed by atoms with Crippen molar-refractivity contribution in [2.75, 3.05) is 32.2 Å². The zero-order valence-corrected chi connectivity index (χ0v) is 20.4. The van der Waals surface area contributed by atoms with E-state index in [-0.39, 0.29) is 23.7 Å². The molecule has 1 aromatic rings. The number of phenols is 1. The number of nitrogens with zero attached hydrogens (tertiary/aromatic N) is 1. The molecule has 12 heteroatoms. The Balaban J connectivity index is 2.02. The van der Waals surface area contributed by atoms with Crippen LogP contribution in [0.15, 0.2) is 35.1 Å². The van der Waals surface area contributed by atoms with Crippen molar-refractivity contribution in [1.82, 2.24) is 4.90 Å². The predicted molar refractivity (Wildman–Crippen MR) is 129 cm³/mol. The van der Waals surface area contributed by atoms with Gasteiger partial charge in [-0.3, -0.25) is 19.3 Å². The topological polar surface area (TPSA) is 202 Å². The van der Waals surface area contributed by atoms with Crippen LogP contribution in [-0.2, 0) is 14.4 Å². The quantitative estimate of drug-likeness (QED) is 0.183. The second-order valence-electron chi connectivity index (χ2n) is 9.41. The Bertz CT molecular complexity index is 1210. The summed E-state index contributed by atoms with van der Waals surface area (Å²) in [6, 6.07) is 3.07. The highest BCUT2D eigenvalue weighted by Gasteiger charge is 2.68. The van der Waals surface area contributed by atoms with E-state index in [9.17, 15) is 45.0 Å². The van der Waals surface area contributed by atoms with E-state index in [0.717, 1.165) is 0 Å². The number of amides is 1. The molecule has 36 heavy (non-hydrogen) atoms. The Morgan fingerprint density at radius 3 is 2.44 bits per heavy atom. The molecule has 3 aliphatic carbocycles. The molecule has 0 bridgehead atoms. The third kappa shape index (κ3) is 3.47. The van der Waals surface area contributed by atoms with Crippen LogP contribution in [-0.4, -0.2) is 103 Å². The number of primary amides is 1. The van der Waals surface area contributed by atoms with Crippen LogP contribution in [0.2, 0.25) is 0 Å². The summed E-state index contributed by atoms with van der Waals surface area (Å²) in [6.07, 6.45) is -1.66. The molecule has 8 N–H and O–H groups in total. The lowest BCUT2D eigenvalue weighted by molar-refractivity contribution is -0.169. The smallest absolute Gasteiger partial charge is 0.255 e. The third-order valence-electron chi connectivity index (χ3n) is 7.33. The molecule has 0 aliphatic heterocycles. The number of carbonyl (C=O) groups is 3. The number of aliphatic hydroxyl groups is 5. The van der Waals surface area contributed by atoms with Gasteiger partial charge in [0, 0.05) is 28.9 Å². The number of ketones is 2. The van der Waals surface area contributed by atoms with Crippen LogP contribution in [0.25, 0.3) is 5.76 Å². The van der Waals surface area contributed by atoms with Crippen molar-refractivity contribution in [3.05, 3.63) is 46.2 Å². The first kappa shape index (κ1) is 26.2. The number of hydrogen-bond donors (Lipinski definition) is 7. The summed E-state index contributed by atoms with van der Waals surface area (Å²) in [7, 11) is 2.90. The van der Waals surface area contributed by atoms with Crippen molar-refractivity contribution in [3.8, 4) is 5.75 Å². The maximum Gasteiger partial charge on any atom is 0.255 e. The largest absolute Gasteiger partial charge is 0.508 e. The molecule has 0 aromatic heterocycles. The molecule has 6 atom stereocenters. The van der Waals surface area contributed by atoms with E-state index in [1.807, 2.05) is 0 Å². The first-order valence-electron chi connectivity index (χ1n) is 11.2. The summed E-state index contributed by atoms with van der Waals surface area (Å²) in [4.78, 5) is 40.5. The van der Waals surface area contributed by atoms with Gasteiger partial charge < -0.3 is 36.4 Å². The van der Waals surface area contributed by atoms with Crippen LogP contribution in [0.5, 0.6) is 5.75 Å². The summed E-state index contributed by atoms with van der Waals surface area (Å²) in [5.41, 5.74) is 1.34. The van der Waals surface area contributed by atoms with Crippen LogP contribution in [0.4, 0.5) is 0 Å². The maximum absolute atomic E-state index is 13.9. The molecule has 0 saturated heterocycles. The first-order valence-corrected chi connectivity index (χ1v) is 12.4. The number of Topliss-reactive ketones (excluding diaryl/α,β-unsaturated/α-hetero) is 2. The summed E-state index contributed by atoms with van der Waals surface area (Å²) in [5.74, 6) is -8.66. The van der Waals surface area contributed by atoms with Gasteiger partial charge in [0.1, 0.15) is 22.8 Å². The standard InChI is InChI=1S/C24H28N2O9S/c1-26(2)17-16-19(30)13-10(8-36-7-6-27)9-4-3-5-11(28)12(9)18(29)14(13)21(32)24(16,35)22(33)15(20(17)31)23(25)34/h3-5,10,13,16-17,19,27-30,33,35H,6-8H2,1-2H3,(H2,25,34)/t10-,13+,16+,17-,19-,24-/m0/s1. The molecule has 1 aromatic carbocycles. The minimum absolute atomic E-state index is 0.0596. The Hall–Kier alpha value is -2.90. The van der Waals surface area contributed by atoms with Crippen molar-refractivity contribution in [2.24, 2.45) is 17.6 Å². The fourth-order valence-corrected chi connectivity index (χ4v) is 6.80. The molecular formula is C24H28N2O9S. The summed E-state index contributed by atoms with van der Waals surface area (Å²) >= 11 is 1.31. The number of rotatable bonds is 6. The first-order chi connectivity index (χ1) is 16.9. The van der Waals surface area contributed by atoms with E-state index in [0.29, 0.717) is 11.3 Å². The van der Waals surface area contributed by atoms with Gasteiger partial charge in [-0.15, -0.1) is 0 Å². The zero-order chi connectivity index (χ0) is 26.7. The van der Waals surface area contributed by atoms with Gasteiger partial charge >= 0.3 is 0 Å². The number of aromatic hydroxyl groups is 1. The normalized spacial score (nSPS) is 31.9. The van der Waals surface area contributed by atoms with Crippen LogP contribution in [0.1, 0.15) is 17.0 Å². The van der Waals surface area contributed by atoms with Gasteiger partial charge in [0.15, 0.2) is 11.4 Å². The number of benzene rings is 1. The maximum atomic E-state index is 13.9. The second kappa shape index (κ2) is 9.20. The van der Waals surface area contributed by atoms with Gasteiger partial charge in [-0.05, 0) is 25.7 Å². The van der Waals surface area contributed by atoms with Gasteiger partial charge in [-0.25, -0.2) is 0 Å². The zero-order valence-electron chi connectivity index (χ0n) is 19.6. The highest BCUT2D eigenvalue weighted by Crippen LogP contribution is 2.56. The molecule has 0 radical (unpaired) electrons. The van der Waals surface area contributed by atoms with Crippen LogP contribution in [0, 0.1) is 11.8 Å². The third-order valence-corrected chi connectivity index (χ3v) is 8.40. The van der Waals surface area contributed by atoms with Gasteiger partial charge in [0.2, 0.25) is 5.78 Å². The van der Waals surface area contributed by atoms with E-state index < -0.39 is 75.6 Å². The summed E-state index contributed by atoms with van der Waals surface area (Å²) in [6.45, 7) is -0.126. The number of aliphatic hydroxyl groups excluding tert-OH is 4. The van der Waals surface area contributed by atoms with E-state index in [4.69, 9.17) is 5.73 Å². The molecule has 3 aliphatic rings. The molecular weight excluding hydrogens is 492 g/mol. The predicted octanol–water partition coefficient (Wildman–Crippen LogP) is -0.799. The molecule has 1 amide bonds. The molecule has 1 fully saturated rings. The van der Waals surface area contributed by atoms with Crippen LogP contribution >= 0.6 is 11.8 Å². The highest BCUT2D eigenvalue weighted by molar-refractivity contribution is 7.99. The lowest BCUT2D eigenvalue weighted by Crippen LogP contribution is -2.70. The SMILES string of the molecule is CN(C)[C@@H]1C(=O)C(C(N)=O)=C(O)[C@@]2(O)C(=O)C3=C(O)c4c(O)cccc4[C@H](CSCCO)[C@H]3[C@H](O)[C@@H]12. The molecule has 0 unspecified atom stereocenters. The Labute approximate surface area is 210 Å². The molecule has 194 valence electrons. The monoisotopic (exact) mass is 520 g/mol. The van der Waals surface area contributed by atoms with E-state index in [1.54, 1.807) is 12.1 Å². The molecule has 4 rings (SSSR count). The van der Waals surface area contributed by atoms with Crippen molar-refractivity contribution in [3.63, 3.8) is 0 Å². The molecule has 0 spiro atoms. The van der Waals surface area contributed by atoms with Gasteiger partial charge in [0.05, 0.1) is 30.2 Å². The summed E-state index contributed by atoms with van der Waals surface area (Å²) in [5, 5.41) is 65.2. The number of fused-ring (bicyclic) bond motifs is 3. The van der Waals surface area contributed by atoms with Crippen molar-refractivity contribution in [2.45, 2.75) is 23.7 Å². The minimum atomic E-state index is -2.95. The number of phenolic OH excluding ortho intramolecular Hbond substituents is 1. The second-order valence-corrected chi connectivity index (χ2v) is 10.6. The van der Waals surface area contributed by atoms with Gasteiger partial charge in [0.25, 0.3) is 5.91 Å². The number of hydrogen-bond acceptors (Lipinski definition) is 11. The highest BCUT2D eigenvalue weighted by atomic mass is 32.2. The average Bonchev–Trinajstić information content (AvgIpc) is 2.80. The molecule has 0 heterocycles. The number of thioether (sulfide) groups is 1. The average molecular weight is 521 g/mol. The molecule has 11 nitrogen and oxygen atoms in total. The fraction of sp³-hybridized carbons (Fsp3) is 0.458. The molecule has 1 saturated carbocycles. The number of carbonyl (C=O) groups excluding carboxylic acids is 3. The van der Waals surface area contributed by atoms with E-state index >= 15 is 0 Å². The number of nitrogens with two attached hydrogens (primary N) is 1. The van der Waals surface area contributed by atoms with E-state index in [1.165, 1.54) is 36.8 Å². The van der Waals surface area contributed by atoms with Crippen molar-refractivity contribution >= 4 is 35.0 Å². The fourth-order valence-electron chi connectivity index (χ4n) is 5.87. The number of likely N-dealkylation sites (N-methyl/N-ethyl adjacent to an activating group) is 1. The van der Waals surface area contributed by atoms with Crippen LogP contribution in [0.3, 0.4) is 0 Å². The van der Waals surface area contributed by atoms with Crippen molar-refractivity contribution < 1.29 is 45.0 Å². The lowest BCUT2D eigenvalue weighted by atomic mass is 9.54. The van der Waals surface area contributed by atoms with Gasteiger partial charge in [-0.2, -0.15) is 11.8 Å². The lowest BCUT2D eigenvalue weighted by Gasteiger charge is -2.54. The van der Waals surface area contributed by atoms with Crippen LogP contribution < -0.4 is 5.73 Å².